The number of amides is 1. The number of likely N-dealkylation sites (N-methyl/N-ethyl adjacent to an activating group) is 1. The van der Waals surface area contributed by atoms with Crippen LogP contribution in [-0.4, -0.2) is 41.2 Å². The van der Waals surface area contributed by atoms with Gasteiger partial charge in [0.2, 0.25) is 11.4 Å². The van der Waals surface area contributed by atoms with Crippen LogP contribution in [0.3, 0.4) is 0 Å². The van der Waals surface area contributed by atoms with Gasteiger partial charge >= 0.3 is 0 Å². The number of benzene rings is 1. The van der Waals surface area contributed by atoms with Gasteiger partial charge < -0.3 is 10.6 Å². The van der Waals surface area contributed by atoms with Crippen LogP contribution in [0.5, 0.6) is 0 Å². The van der Waals surface area contributed by atoms with Crippen molar-refractivity contribution in [1.29, 1.82) is 0 Å². The predicted octanol–water partition coefficient (Wildman–Crippen LogP) is 0.734. The maximum atomic E-state index is 12.7. The van der Waals surface area contributed by atoms with Gasteiger partial charge in [-0.3, -0.25) is 15.3 Å². The monoisotopic (exact) mass is 320 g/mol. The molecule has 22 heavy (non-hydrogen) atoms. The van der Waals surface area contributed by atoms with Gasteiger partial charge in [-0.25, -0.2) is 4.99 Å². The molecule has 0 saturated heterocycles. The maximum Gasteiger partial charge on any atom is 0.277 e. The van der Waals surface area contributed by atoms with Gasteiger partial charge in [-0.05, 0) is 18.7 Å². The molecular formula is C15H20N4O2S. The molecule has 1 aromatic rings. The molecule has 1 amide bonds. The van der Waals surface area contributed by atoms with Crippen molar-refractivity contribution < 1.29 is 9.59 Å². The van der Waals surface area contributed by atoms with Crippen LogP contribution in [0, 0.1) is 0 Å². The van der Waals surface area contributed by atoms with Crippen molar-refractivity contribution in [3.63, 3.8) is 0 Å². The molecule has 0 spiro atoms. The summed E-state index contributed by atoms with van der Waals surface area (Å²) < 4.78 is 0. The van der Waals surface area contributed by atoms with E-state index in [9.17, 15) is 9.59 Å². The lowest BCUT2D eigenvalue weighted by Crippen LogP contribution is -2.62. The van der Waals surface area contributed by atoms with Crippen LogP contribution in [0.2, 0.25) is 0 Å². The highest BCUT2D eigenvalue weighted by molar-refractivity contribution is 8.14. The van der Waals surface area contributed by atoms with E-state index in [-0.39, 0.29) is 0 Å². The van der Waals surface area contributed by atoms with Crippen molar-refractivity contribution in [2.45, 2.75) is 25.6 Å². The second-order valence-electron chi connectivity index (χ2n) is 5.15. The molecule has 4 N–H and O–H groups in total. The van der Waals surface area contributed by atoms with Crippen molar-refractivity contribution in [2.24, 2.45) is 16.5 Å². The quantitative estimate of drug-likeness (QED) is 0.800. The molecule has 2 atom stereocenters. The standard InChI is InChI=1S/C15H20N4O2S/c1-4-22-13-10-7-5-6-8-11(10)19(3)14(21)15(17,18-13)12(20)9(2)16/h5-9H,4,16-17H2,1-3H3/t9-,15?/m0/s1. The van der Waals surface area contributed by atoms with Crippen LogP contribution in [0.4, 0.5) is 5.69 Å². The maximum absolute atomic E-state index is 12.7. The molecule has 1 aliphatic heterocycles. The lowest BCUT2D eigenvalue weighted by Gasteiger charge is -2.27. The number of fused-ring (bicyclic) bond motifs is 1. The zero-order valence-electron chi connectivity index (χ0n) is 12.9. The van der Waals surface area contributed by atoms with Crippen LogP contribution in [-0.2, 0) is 9.59 Å². The lowest BCUT2D eigenvalue weighted by molar-refractivity contribution is -0.134. The minimum atomic E-state index is -1.99. The van der Waals surface area contributed by atoms with Crippen molar-refractivity contribution in [1.82, 2.24) is 0 Å². The smallest absolute Gasteiger partial charge is 0.277 e. The Kier molecular flexibility index (Phi) is 4.69. The van der Waals surface area contributed by atoms with Gasteiger partial charge in [0.15, 0.2) is 0 Å². The number of aliphatic imine (C=N–C) groups is 1. The summed E-state index contributed by atoms with van der Waals surface area (Å²) >= 11 is 1.44. The Labute approximate surface area is 133 Å². The predicted molar refractivity (Wildman–Crippen MR) is 90.1 cm³/mol. The van der Waals surface area contributed by atoms with E-state index in [2.05, 4.69) is 4.99 Å². The Bertz CT molecular complexity index is 644. The molecular weight excluding hydrogens is 300 g/mol. The van der Waals surface area contributed by atoms with Gasteiger partial charge in [-0.2, -0.15) is 0 Å². The highest BCUT2D eigenvalue weighted by Crippen LogP contribution is 2.31. The molecule has 1 aromatic carbocycles. The molecule has 0 fully saturated rings. The average Bonchev–Trinajstić information content (AvgIpc) is 2.58. The summed E-state index contributed by atoms with van der Waals surface area (Å²) in [6.45, 7) is 3.47. The van der Waals surface area contributed by atoms with E-state index >= 15 is 0 Å². The molecule has 1 aliphatic rings. The lowest BCUT2D eigenvalue weighted by atomic mass is 10.00. The zero-order chi connectivity index (χ0) is 16.5. The third-order valence-corrected chi connectivity index (χ3v) is 4.35. The van der Waals surface area contributed by atoms with E-state index in [1.165, 1.54) is 23.6 Å². The summed E-state index contributed by atoms with van der Waals surface area (Å²) in [5, 5.41) is 0.576. The average molecular weight is 320 g/mol. The second kappa shape index (κ2) is 6.20. The number of ketones is 1. The van der Waals surface area contributed by atoms with Gasteiger partial charge in [-0.1, -0.05) is 25.1 Å². The van der Waals surface area contributed by atoms with Crippen molar-refractivity contribution in [2.75, 3.05) is 17.7 Å². The molecule has 0 aliphatic carbocycles. The molecule has 0 saturated carbocycles. The van der Waals surface area contributed by atoms with Crippen molar-refractivity contribution in [3.8, 4) is 0 Å². The number of hydrogen-bond donors (Lipinski definition) is 2. The number of hydrogen-bond acceptors (Lipinski definition) is 6. The number of benzodiazepines with no additional fused rings is 1. The van der Waals surface area contributed by atoms with Gasteiger partial charge in [0.1, 0.15) is 5.04 Å². The SMILES string of the molecule is CCSC1=NC(N)(C(=O)[C@H](C)N)C(=O)N(C)c2ccccc21. The Morgan fingerprint density at radius 2 is 2.09 bits per heavy atom. The molecule has 0 radical (unpaired) electrons. The fraction of sp³-hybridized carbons (Fsp3) is 0.400. The van der Waals surface area contributed by atoms with E-state index in [0.717, 1.165) is 11.3 Å². The minimum Gasteiger partial charge on any atom is -0.322 e. The van der Waals surface area contributed by atoms with E-state index in [0.29, 0.717) is 10.7 Å². The van der Waals surface area contributed by atoms with E-state index in [1.54, 1.807) is 13.1 Å². The summed E-state index contributed by atoms with van der Waals surface area (Å²) in [5.74, 6) is -0.423. The van der Waals surface area contributed by atoms with Crippen LogP contribution in [0.1, 0.15) is 19.4 Å². The third kappa shape index (κ3) is 2.67. The van der Waals surface area contributed by atoms with Gasteiger partial charge in [0.25, 0.3) is 5.91 Å². The first-order valence-corrected chi connectivity index (χ1v) is 8.00. The van der Waals surface area contributed by atoms with Crippen LogP contribution < -0.4 is 16.4 Å². The number of carbonyl (C=O) groups is 2. The first-order valence-electron chi connectivity index (χ1n) is 7.02. The minimum absolute atomic E-state index is 0.575. The molecule has 1 heterocycles. The van der Waals surface area contributed by atoms with Crippen LogP contribution in [0.15, 0.2) is 29.3 Å². The van der Waals surface area contributed by atoms with Gasteiger partial charge in [0.05, 0.1) is 11.7 Å². The number of nitrogens with zero attached hydrogens (tertiary/aromatic N) is 2. The molecule has 118 valence electrons. The summed E-state index contributed by atoms with van der Waals surface area (Å²) in [6.07, 6.45) is 0. The van der Waals surface area contributed by atoms with Crippen molar-refractivity contribution >= 4 is 34.2 Å². The van der Waals surface area contributed by atoms with Gasteiger partial charge in [0, 0.05) is 12.6 Å². The summed E-state index contributed by atoms with van der Waals surface area (Å²) in [5.41, 5.74) is 11.3. The zero-order valence-corrected chi connectivity index (χ0v) is 13.7. The van der Waals surface area contributed by atoms with E-state index < -0.39 is 23.4 Å². The number of para-hydroxylation sites is 1. The number of thioether (sulfide) groups is 1. The Morgan fingerprint density at radius 3 is 2.68 bits per heavy atom. The van der Waals surface area contributed by atoms with E-state index in [1.807, 2.05) is 25.1 Å². The van der Waals surface area contributed by atoms with Crippen LogP contribution >= 0.6 is 11.8 Å². The largest absolute Gasteiger partial charge is 0.322 e. The summed E-state index contributed by atoms with van der Waals surface area (Å²) in [6, 6.07) is 6.48. The summed E-state index contributed by atoms with van der Waals surface area (Å²) in [7, 11) is 1.59. The number of nitrogens with two attached hydrogens (primary N) is 2. The summed E-state index contributed by atoms with van der Waals surface area (Å²) in [4.78, 5) is 30.9. The van der Waals surface area contributed by atoms with E-state index in [4.69, 9.17) is 11.5 Å². The first kappa shape index (κ1) is 16.7. The molecule has 7 heteroatoms. The highest BCUT2D eigenvalue weighted by atomic mass is 32.2. The molecule has 0 aromatic heterocycles. The Balaban J connectivity index is 2.68. The number of Topliss-reactive ketones (excluding diaryl/α,β-unsaturated/α-hetero) is 1. The fourth-order valence-electron chi connectivity index (χ4n) is 2.33. The number of carbonyl (C=O) groups excluding carboxylic acids is 2. The van der Waals surface area contributed by atoms with Gasteiger partial charge in [-0.15, -0.1) is 11.8 Å². The number of rotatable bonds is 3. The molecule has 0 bridgehead atoms. The molecule has 6 nitrogen and oxygen atoms in total. The second-order valence-corrected chi connectivity index (χ2v) is 6.40. The van der Waals surface area contributed by atoms with Crippen molar-refractivity contribution in [3.05, 3.63) is 29.8 Å². The molecule has 1 unspecified atom stereocenters. The number of anilines is 1. The molecule has 2 rings (SSSR count). The Hall–Kier alpha value is -1.70. The van der Waals surface area contributed by atoms with Crippen LogP contribution in [0.25, 0.3) is 0 Å². The normalized spacial score (nSPS) is 22.7. The topological polar surface area (TPSA) is 102 Å². The third-order valence-electron chi connectivity index (χ3n) is 3.47. The highest BCUT2D eigenvalue weighted by Gasteiger charge is 2.47. The fourth-order valence-corrected chi connectivity index (χ4v) is 3.14. The Morgan fingerprint density at radius 1 is 1.45 bits per heavy atom. The first-order chi connectivity index (χ1) is 10.3.